The number of hydrogen-bond donors (Lipinski definition) is 2. The van der Waals surface area contributed by atoms with E-state index in [4.69, 9.17) is 0 Å². The Morgan fingerprint density at radius 2 is 1.86 bits per heavy atom. The summed E-state index contributed by atoms with van der Waals surface area (Å²) in [6, 6.07) is 17.0. The van der Waals surface area contributed by atoms with Crippen molar-refractivity contribution in [2.24, 2.45) is 0 Å². The Labute approximate surface area is 173 Å². The average Bonchev–Trinajstić information content (AvgIpc) is 3.16. The number of aryl methyl sites for hydroxylation is 1. The van der Waals surface area contributed by atoms with Crippen LogP contribution in [0.2, 0.25) is 0 Å². The molecule has 0 spiro atoms. The van der Waals surface area contributed by atoms with Gasteiger partial charge in [-0.05, 0) is 74.9 Å². The van der Waals surface area contributed by atoms with Crippen molar-refractivity contribution in [3.8, 4) is 0 Å². The summed E-state index contributed by atoms with van der Waals surface area (Å²) < 4.78 is 0. The quantitative estimate of drug-likeness (QED) is 0.620. The van der Waals surface area contributed by atoms with E-state index in [-0.39, 0.29) is 0 Å². The van der Waals surface area contributed by atoms with E-state index in [2.05, 4.69) is 58.3 Å². The zero-order chi connectivity index (χ0) is 19.8. The van der Waals surface area contributed by atoms with Crippen molar-refractivity contribution in [1.29, 1.82) is 0 Å². The molecule has 0 saturated heterocycles. The van der Waals surface area contributed by atoms with E-state index < -0.39 is 5.60 Å². The minimum Gasteiger partial charge on any atom is -0.389 e. The second-order valence-electron chi connectivity index (χ2n) is 9.12. The van der Waals surface area contributed by atoms with Gasteiger partial charge in [0.25, 0.3) is 0 Å². The topological polar surface area (TPSA) is 52.2 Å². The number of aliphatic hydroxyl groups is 1. The van der Waals surface area contributed by atoms with Crippen LogP contribution in [-0.2, 0) is 6.42 Å². The maximum Gasteiger partial charge on any atom is 0.107 e. The molecule has 1 heterocycles. The van der Waals surface area contributed by atoms with Crippen LogP contribution in [0.25, 0.3) is 11.0 Å². The van der Waals surface area contributed by atoms with Crippen molar-refractivity contribution in [2.75, 3.05) is 20.1 Å². The van der Waals surface area contributed by atoms with Gasteiger partial charge < -0.3 is 15.0 Å². The van der Waals surface area contributed by atoms with Crippen LogP contribution in [0.5, 0.6) is 0 Å². The normalized spacial score (nSPS) is 25.6. The van der Waals surface area contributed by atoms with Gasteiger partial charge in [-0.1, -0.05) is 36.4 Å². The molecule has 1 aromatic heterocycles. The van der Waals surface area contributed by atoms with Gasteiger partial charge in [-0.3, -0.25) is 0 Å². The van der Waals surface area contributed by atoms with Gasteiger partial charge in [-0.2, -0.15) is 0 Å². The number of para-hydroxylation sites is 2. The molecule has 0 amide bonds. The monoisotopic (exact) mass is 389 g/mol. The Hall–Kier alpha value is -2.17. The smallest absolute Gasteiger partial charge is 0.107 e. The predicted molar refractivity (Wildman–Crippen MR) is 117 cm³/mol. The maximum atomic E-state index is 11.5. The van der Waals surface area contributed by atoms with Gasteiger partial charge in [0.15, 0.2) is 0 Å². The lowest BCUT2D eigenvalue weighted by molar-refractivity contribution is -0.0452. The summed E-state index contributed by atoms with van der Waals surface area (Å²) >= 11 is 0. The minimum absolute atomic E-state index is 0.313. The van der Waals surface area contributed by atoms with Gasteiger partial charge in [-0.25, -0.2) is 4.98 Å². The number of rotatable bonds is 7. The van der Waals surface area contributed by atoms with Crippen molar-refractivity contribution >= 4 is 11.0 Å². The summed E-state index contributed by atoms with van der Waals surface area (Å²) in [5.41, 5.74) is 4.53. The molecule has 3 aliphatic rings. The lowest BCUT2D eigenvalue weighted by Crippen LogP contribution is -2.47. The predicted octanol–water partition coefficient (Wildman–Crippen LogP) is 4.61. The van der Waals surface area contributed by atoms with Crippen LogP contribution >= 0.6 is 0 Å². The molecule has 152 valence electrons. The number of H-pyrrole nitrogens is 1. The number of aromatic amines is 1. The number of imidazole rings is 1. The first-order valence-corrected chi connectivity index (χ1v) is 11.1. The molecule has 4 nitrogen and oxygen atoms in total. The van der Waals surface area contributed by atoms with E-state index in [0.717, 1.165) is 62.1 Å². The summed E-state index contributed by atoms with van der Waals surface area (Å²) in [7, 11) is 2.18. The maximum absolute atomic E-state index is 11.5. The molecule has 0 unspecified atom stereocenters. The third kappa shape index (κ3) is 3.60. The molecule has 1 fully saturated rings. The van der Waals surface area contributed by atoms with Crippen LogP contribution in [0.1, 0.15) is 60.9 Å². The average molecular weight is 390 g/mol. The molecular formula is C25H31N3O. The molecule has 3 aromatic rings. The van der Waals surface area contributed by atoms with Crippen LogP contribution in [-0.4, -0.2) is 45.7 Å². The van der Waals surface area contributed by atoms with Gasteiger partial charge in [0.05, 0.1) is 16.6 Å². The van der Waals surface area contributed by atoms with E-state index in [9.17, 15) is 5.11 Å². The summed E-state index contributed by atoms with van der Waals surface area (Å²) in [6.07, 6.45) is 6.20. The van der Waals surface area contributed by atoms with Crippen LogP contribution in [0.15, 0.2) is 48.5 Å². The molecule has 0 aliphatic heterocycles. The molecule has 3 atom stereocenters. The zero-order valence-electron chi connectivity index (χ0n) is 17.3. The Bertz CT molecular complexity index is 963. The Morgan fingerprint density at radius 3 is 2.72 bits per heavy atom. The Balaban J connectivity index is 1.14. The van der Waals surface area contributed by atoms with E-state index in [1.807, 2.05) is 12.1 Å². The first kappa shape index (κ1) is 18.8. The van der Waals surface area contributed by atoms with Gasteiger partial charge in [0.2, 0.25) is 0 Å². The highest BCUT2D eigenvalue weighted by Gasteiger charge is 2.48. The van der Waals surface area contributed by atoms with E-state index in [1.54, 1.807) is 0 Å². The van der Waals surface area contributed by atoms with Crippen molar-refractivity contribution in [3.63, 3.8) is 0 Å². The lowest BCUT2D eigenvalue weighted by atomic mass is 9.58. The number of fused-ring (bicyclic) bond motifs is 3. The standard InChI is InChI=1S/C25H31N3O/c1-28(15-6-11-24-26-22-9-4-5-10-23(22)27-24)16-14-25(29)17-18-12-13-21(25)20-8-3-2-7-19(18)20/h2-5,7-10,18,21,29H,6,11-17H2,1H3,(H,26,27)/t18-,21+,25-/m0/s1. The molecule has 29 heavy (non-hydrogen) atoms. The van der Waals surface area contributed by atoms with Crippen LogP contribution < -0.4 is 0 Å². The molecule has 6 rings (SSSR count). The second kappa shape index (κ2) is 7.58. The van der Waals surface area contributed by atoms with Crippen molar-refractivity contribution in [3.05, 3.63) is 65.5 Å². The molecule has 2 bridgehead atoms. The summed E-state index contributed by atoms with van der Waals surface area (Å²) in [5.74, 6) is 1.92. The third-order valence-electron chi connectivity index (χ3n) is 7.18. The molecule has 2 N–H and O–H groups in total. The fourth-order valence-corrected chi connectivity index (χ4v) is 5.63. The molecule has 0 radical (unpaired) electrons. The highest BCUT2D eigenvalue weighted by molar-refractivity contribution is 5.74. The van der Waals surface area contributed by atoms with Crippen LogP contribution in [0.3, 0.4) is 0 Å². The minimum atomic E-state index is -0.537. The van der Waals surface area contributed by atoms with Crippen LogP contribution in [0.4, 0.5) is 0 Å². The number of hydrogen-bond acceptors (Lipinski definition) is 3. The third-order valence-corrected chi connectivity index (χ3v) is 7.18. The highest BCUT2D eigenvalue weighted by atomic mass is 16.3. The highest BCUT2D eigenvalue weighted by Crippen LogP contribution is 2.55. The van der Waals surface area contributed by atoms with Gasteiger partial charge >= 0.3 is 0 Å². The lowest BCUT2D eigenvalue weighted by Gasteiger charge is -2.50. The Morgan fingerprint density at radius 1 is 1.07 bits per heavy atom. The molecule has 1 saturated carbocycles. The van der Waals surface area contributed by atoms with Crippen molar-refractivity contribution in [1.82, 2.24) is 14.9 Å². The second-order valence-corrected chi connectivity index (χ2v) is 9.12. The van der Waals surface area contributed by atoms with Gasteiger partial charge in [-0.15, -0.1) is 0 Å². The zero-order valence-corrected chi connectivity index (χ0v) is 17.3. The SMILES string of the molecule is CN(CCCc1nc2ccccc2[nH]1)CC[C@]1(O)C[C@@H]2CC[C@@H]1c1ccccc12. The number of nitrogens with one attached hydrogen (secondary N) is 1. The summed E-state index contributed by atoms with van der Waals surface area (Å²) in [4.78, 5) is 10.5. The number of benzene rings is 2. The van der Waals surface area contributed by atoms with Crippen molar-refractivity contribution < 1.29 is 5.11 Å². The molecular weight excluding hydrogens is 358 g/mol. The first-order valence-electron chi connectivity index (χ1n) is 11.1. The van der Waals surface area contributed by atoms with Gasteiger partial charge in [0, 0.05) is 18.9 Å². The Kier molecular flexibility index (Phi) is 4.92. The van der Waals surface area contributed by atoms with Gasteiger partial charge in [0.1, 0.15) is 5.82 Å². The van der Waals surface area contributed by atoms with E-state index >= 15 is 0 Å². The largest absolute Gasteiger partial charge is 0.389 e. The van der Waals surface area contributed by atoms with E-state index in [0.29, 0.717) is 11.8 Å². The van der Waals surface area contributed by atoms with E-state index in [1.165, 1.54) is 17.5 Å². The van der Waals surface area contributed by atoms with Crippen molar-refractivity contribution in [2.45, 2.75) is 56.0 Å². The fraction of sp³-hybridized carbons (Fsp3) is 0.480. The summed E-state index contributed by atoms with van der Waals surface area (Å²) in [6.45, 7) is 1.97. The first-order chi connectivity index (χ1) is 14.1. The van der Waals surface area contributed by atoms with Crippen LogP contribution in [0, 0.1) is 0 Å². The number of nitrogens with zero attached hydrogens (tertiary/aromatic N) is 2. The fourth-order valence-electron chi connectivity index (χ4n) is 5.63. The molecule has 2 aromatic carbocycles. The molecule has 4 heteroatoms. The summed E-state index contributed by atoms with van der Waals surface area (Å²) in [5, 5.41) is 11.5. The molecule has 3 aliphatic carbocycles. The number of aromatic nitrogens is 2.